The number of hydrogen-bond donors (Lipinski definition) is 0. The Morgan fingerprint density at radius 1 is 0.314 bits per heavy atom. The van der Waals surface area contributed by atoms with Crippen molar-refractivity contribution in [2.24, 2.45) is 0 Å². The number of para-hydroxylation sites is 1. The number of hydrogen-bond acceptors (Lipinski definition) is 4. The van der Waals surface area contributed by atoms with E-state index in [2.05, 4.69) is 121 Å². The van der Waals surface area contributed by atoms with E-state index in [4.69, 9.17) is 19.4 Å². The Balaban J connectivity index is 1.20. The molecule has 0 fully saturated rings. The van der Waals surface area contributed by atoms with Crippen molar-refractivity contribution in [2.45, 2.75) is 0 Å². The minimum Gasteiger partial charge on any atom is -0.456 e. The van der Waals surface area contributed by atoms with Crippen LogP contribution in [0.1, 0.15) is 0 Å². The van der Waals surface area contributed by atoms with Gasteiger partial charge in [0.1, 0.15) is 11.2 Å². The van der Waals surface area contributed by atoms with Crippen molar-refractivity contribution in [3.05, 3.63) is 164 Å². The topological polar surface area (TPSA) is 51.8 Å². The highest BCUT2D eigenvalue weighted by molar-refractivity contribution is 6.20. The van der Waals surface area contributed by atoms with E-state index < -0.39 is 0 Å². The quantitative estimate of drug-likeness (QED) is 0.190. The van der Waals surface area contributed by atoms with E-state index in [1.54, 1.807) is 0 Å². The van der Waals surface area contributed by atoms with E-state index in [0.717, 1.165) is 55.1 Å². The third kappa shape index (κ3) is 4.30. The molecule has 10 aromatic rings. The molecular weight excluding hydrogens is 623 g/mol. The van der Waals surface area contributed by atoms with Crippen LogP contribution in [0.4, 0.5) is 0 Å². The molecule has 0 bridgehead atoms. The van der Waals surface area contributed by atoms with Gasteiger partial charge in [-0.25, -0.2) is 15.0 Å². The SMILES string of the molecule is c1ccc(-c2nc(-c3ccc4ccccc4c3)nc(-c3cc(-c4ccc5c6c(cccc46)-c4ccccc4-5)cc4oc5ccccc5c34)n2)cc1. The van der Waals surface area contributed by atoms with Gasteiger partial charge >= 0.3 is 0 Å². The third-order valence-corrected chi connectivity index (χ3v) is 10.3. The highest BCUT2D eigenvalue weighted by atomic mass is 16.3. The van der Waals surface area contributed by atoms with Gasteiger partial charge in [-0.05, 0) is 79.2 Å². The first-order chi connectivity index (χ1) is 25.3. The number of aromatic nitrogens is 3. The number of fused-ring (bicyclic) bond motifs is 7. The van der Waals surface area contributed by atoms with E-state index in [9.17, 15) is 0 Å². The van der Waals surface area contributed by atoms with Gasteiger partial charge in [-0.2, -0.15) is 0 Å². The largest absolute Gasteiger partial charge is 0.456 e. The fourth-order valence-electron chi connectivity index (χ4n) is 7.92. The number of benzene rings is 8. The molecule has 0 saturated carbocycles. The van der Waals surface area contributed by atoms with Crippen molar-refractivity contribution in [3.63, 3.8) is 0 Å². The maximum atomic E-state index is 6.61. The van der Waals surface area contributed by atoms with Crippen LogP contribution in [-0.4, -0.2) is 15.0 Å². The van der Waals surface area contributed by atoms with Crippen molar-refractivity contribution in [2.75, 3.05) is 0 Å². The first-order valence-electron chi connectivity index (χ1n) is 17.2. The Morgan fingerprint density at radius 3 is 1.82 bits per heavy atom. The van der Waals surface area contributed by atoms with Crippen LogP contribution in [0.3, 0.4) is 0 Å². The summed E-state index contributed by atoms with van der Waals surface area (Å²) in [5, 5.41) is 6.82. The van der Waals surface area contributed by atoms with E-state index in [1.165, 1.54) is 38.4 Å². The molecule has 1 aliphatic rings. The summed E-state index contributed by atoms with van der Waals surface area (Å²) in [4.78, 5) is 15.5. The molecule has 0 N–H and O–H groups in total. The van der Waals surface area contributed by atoms with Crippen molar-refractivity contribution < 1.29 is 4.42 Å². The summed E-state index contributed by atoms with van der Waals surface area (Å²) in [7, 11) is 0. The summed E-state index contributed by atoms with van der Waals surface area (Å²) < 4.78 is 6.61. The van der Waals surface area contributed by atoms with Gasteiger partial charge in [0.15, 0.2) is 17.5 Å². The van der Waals surface area contributed by atoms with Crippen molar-refractivity contribution in [1.82, 2.24) is 15.0 Å². The van der Waals surface area contributed by atoms with Crippen LogP contribution in [0, 0.1) is 0 Å². The molecule has 11 rings (SSSR count). The molecule has 0 aliphatic heterocycles. The average Bonchev–Trinajstić information content (AvgIpc) is 3.74. The van der Waals surface area contributed by atoms with Gasteiger partial charge in [0.25, 0.3) is 0 Å². The van der Waals surface area contributed by atoms with Gasteiger partial charge in [0, 0.05) is 27.5 Å². The van der Waals surface area contributed by atoms with Gasteiger partial charge in [-0.3, -0.25) is 0 Å². The molecule has 0 atom stereocenters. The molecule has 236 valence electrons. The lowest BCUT2D eigenvalue weighted by molar-refractivity contribution is 0.669. The highest BCUT2D eigenvalue weighted by Gasteiger charge is 2.24. The second-order valence-electron chi connectivity index (χ2n) is 13.2. The lowest BCUT2D eigenvalue weighted by Gasteiger charge is -2.13. The molecule has 51 heavy (non-hydrogen) atoms. The molecule has 0 spiro atoms. The zero-order chi connectivity index (χ0) is 33.5. The lowest BCUT2D eigenvalue weighted by atomic mass is 9.92. The number of furan rings is 1. The third-order valence-electron chi connectivity index (χ3n) is 10.3. The van der Waals surface area contributed by atoms with Crippen LogP contribution in [0.25, 0.3) is 111 Å². The lowest BCUT2D eigenvalue weighted by Crippen LogP contribution is -2.00. The van der Waals surface area contributed by atoms with E-state index in [-0.39, 0.29) is 0 Å². The zero-order valence-corrected chi connectivity index (χ0v) is 27.3. The molecule has 1 aliphatic carbocycles. The standard InChI is InChI=1S/C47H27N3O/c1-2-12-29(13-3-1)45-48-46(31-22-21-28-11-4-5-14-30(28)25-31)50-47(49-45)40-26-32(27-42-44(40)39-17-8-9-20-41(39)51-42)33-23-24-38-35-16-7-6-15-34(35)37-19-10-18-36(33)43(37)38/h1-27H. The zero-order valence-electron chi connectivity index (χ0n) is 27.3. The summed E-state index contributed by atoms with van der Waals surface area (Å²) in [5.74, 6) is 1.85. The van der Waals surface area contributed by atoms with Gasteiger partial charge in [-0.1, -0.05) is 140 Å². The van der Waals surface area contributed by atoms with Gasteiger partial charge in [-0.15, -0.1) is 0 Å². The fraction of sp³-hybridized carbons (Fsp3) is 0. The number of rotatable bonds is 4. The first kappa shape index (κ1) is 28.0. The molecule has 2 heterocycles. The Kier molecular flexibility index (Phi) is 5.92. The molecule has 0 unspecified atom stereocenters. The molecule has 0 amide bonds. The minimum atomic E-state index is 0.601. The Labute approximate surface area is 293 Å². The predicted octanol–water partition coefficient (Wildman–Crippen LogP) is 12.4. The van der Waals surface area contributed by atoms with E-state index >= 15 is 0 Å². The summed E-state index contributed by atoms with van der Waals surface area (Å²) in [6.45, 7) is 0. The maximum absolute atomic E-state index is 6.61. The smallest absolute Gasteiger partial charge is 0.164 e. The Bertz CT molecular complexity index is 3000. The normalized spacial score (nSPS) is 11.9. The van der Waals surface area contributed by atoms with Crippen molar-refractivity contribution in [1.29, 1.82) is 0 Å². The van der Waals surface area contributed by atoms with Crippen LogP contribution in [0.15, 0.2) is 168 Å². The second kappa shape index (κ2) is 10.8. The van der Waals surface area contributed by atoms with Crippen LogP contribution in [-0.2, 0) is 0 Å². The molecule has 2 aromatic heterocycles. The monoisotopic (exact) mass is 649 g/mol. The molecule has 4 nitrogen and oxygen atoms in total. The Hall–Kier alpha value is -6.91. The molecular formula is C47H27N3O. The average molecular weight is 650 g/mol. The maximum Gasteiger partial charge on any atom is 0.164 e. The van der Waals surface area contributed by atoms with Crippen LogP contribution in [0.5, 0.6) is 0 Å². The predicted molar refractivity (Wildman–Crippen MR) is 208 cm³/mol. The molecule has 4 heteroatoms. The Morgan fingerprint density at radius 2 is 0.961 bits per heavy atom. The molecule has 8 aromatic carbocycles. The molecule has 0 saturated heterocycles. The summed E-state index contributed by atoms with van der Waals surface area (Å²) in [6, 6.07) is 57.4. The van der Waals surface area contributed by atoms with Crippen LogP contribution < -0.4 is 0 Å². The van der Waals surface area contributed by atoms with Gasteiger partial charge in [0.2, 0.25) is 0 Å². The minimum absolute atomic E-state index is 0.601. The van der Waals surface area contributed by atoms with Gasteiger partial charge in [0.05, 0.1) is 0 Å². The number of nitrogens with zero attached hydrogens (tertiary/aromatic N) is 3. The van der Waals surface area contributed by atoms with E-state index in [0.29, 0.717) is 17.5 Å². The highest BCUT2D eigenvalue weighted by Crippen LogP contribution is 2.50. The first-order valence-corrected chi connectivity index (χ1v) is 17.2. The van der Waals surface area contributed by atoms with E-state index in [1.807, 2.05) is 42.5 Å². The summed E-state index contributed by atoms with van der Waals surface area (Å²) in [5.41, 5.74) is 11.7. The van der Waals surface area contributed by atoms with Crippen molar-refractivity contribution >= 4 is 43.5 Å². The summed E-state index contributed by atoms with van der Waals surface area (Å²) >= 11 is 0. The second-order valence-corrected chi connectivity index (χ2v) is 13.2. The summed E-state index contributed by atoms with van der Waals surface area (Å²) in [6.07, 6.45) is 0. The van der Waals surface area contributed by atoms with Gasteiger partial charge < -0.3 is 4.42 Å². The van der Waals surface area contributed by atoms with Crippen LogP contribution in [0.2, 0.25) is 0 Å². The molecule has 0 radical (unpaired) electrons. The fourth-order valence-corrected chi connectivity index (χ4v) is 7.92. The van der Waals surface area contributed by atoms with Crippen molar-refractivity contribution in [3.8, 4) is 67.5 Å². The van der Waals surface area contributed by atoms with Crippen LogP contribution >= 0.6 is 0 Å².